The molecule has 0 amide bonds. The SMILES string of the molecule is CCCOCC(NCC)c1c(Br)cnn1CCC. The van der Waals surface area contributed by atoms with E-state index < -0.39 is 0 Å². The van der Waals surface area contributed by atoms with Gasteiger partial charge in [0.05, 0.1) is 29.0 Å². The third-order valence-corrected chi connectivity index (χ3v) is 3.29. The van der Waals surface area contributed by atoms with Gasteiger partial charge in [-0.2, -0.15) is 5.10 Å². The summed E-state index contributed by atoms with van der Waals surface area (Å²) in [6.07, 6.45) is 4.00. The van der Waals surface area contributed by atoms with Gasteiger partial charge in [0.2, 0.25) is 0 Å². The fourth-order valence-electron chi connectivity index (χ4n) is 1.93. The minimum Gasteiger partial charge on any atom is -0.379 e. The zero-order chi connectivity index (χ0) is 13.4. The van der Waals surface area contributed by atoms with E-state index in [4.69, 9.17) is 4.74 Å². The first kappa shape index (κ1) is 15.7. The van der Waals surface area contributed by atoms with Crippen LogP contribution in [0.15, 0.2) is 10.7 Å². The molecule has 1 N–H and O–H groups in total. The number of aromatic nitrogens is 2. The number of likely N-dealkylation sites (N-methyl/N-ethyl adjacent to an activating group) is 1. The van der Waals surface area contributed by atoms with Crippen molar-refractivity contribution in [1.29, 1.82) is 0 Å². The molecule has 1 heterocycles. The predicted octanol–water partition coefficient (Wildman–Crippen LogP) is 3.13. The van der Waals surface area contributed by atoms with E-state index in [-0.39, 0.29) is 6.04 Å². The van der Waals surface area contributed by atoms with Crippen molar-refractivity contribution in [2.45, 2.75) is 46.2 Å². The third kappa shape index (κ3) is 4.37. The fourth-order valence-corrected chi connectivity index (χ4v) is 2.51. The molecule has 1 aromatic heterocycles. The molecule has 0 bridgehead atoms. The smallest absolute Gasteiger partial charge is 0.0741 e. The average Bonchev–Trinajstić information content (AvgIpc) is 2.70. The molecular weight excluding hydrogens is 294 g/mol. The van der Waals surface area contributed by atoms with Crippen molar-refractivity contribution in [2.75, 3.05) is 19.8 Å². The minimum absolute atomic E-state index is 0.199. The highest BCUT2D eigenvalue weighted by molar-refractivity contribution is 9.10. The number of rotatable bonds is 9. The fraction of sp³-hybridized carbons (Fsp3) is 0.769. The molecule has 0 saturated heterocycles. The Bertz CT molecular complexity index is 341. The van der Waals surface area contributed by atoms with Crippen LogP contribution in [-0.2, 0) is 11.3 Å². The van der Waals surface area contributed by atoms with Gasteiger partial charge in [-0.15, -0.1) is 0 Å². The Labute approximate surface area is 118 Å². The van der Waals surface area contributed by atoms with Crippen LogP contribution in [0.1, 0.15) is 45.3 Å². The number of nitrogens with one attached hydrogen (secondary N) is 1. The van der Waals surface area contributed by atoms with Crippen molar-refractivity contribution >= 4 is 15.9 Å². The van der Waals surface area contributed by atoms with Crippen molar-refractivity contribution in [3.63, 3.8) is 0 Å². The van der Waals surface area contributed by atoms with E-state index in [1.807, 2.05) is 6.20 Å². The first-order chi connectivity index (χ1) is 8.74. The number of ether oxygens (including phenoxy) is 1. The molecule has 0 aliphatic rings. The largest absolute Gasteiger partial charge is 0.379 e. The summed E-state index contributed by atoms with van der Waals surface area (Å²) in [6.45, 7) is 9.76. The Balaban J connectivity index is 2.79. The molecule has 0 aliphatic carbocycles. The van der Waals surface area contributed by atoms with Gasteiger partial charge >= 0.3 is 0 Å². The van der Waals surface area contributed by atoms with E-state index >= 15 is 0 Å². The highest BCUT2D eigenvalue weighted by Gasteiger charge is 2.19. The van der Waals surface area contributed by atoms with Crippen LogP contribution in [0, 0.1) is 0 Å². The molecule has 4 nitrogen and oxygen atoms in total. The van der Waals surface area contributed by atoms with Gasteiger partial charge in [0.25, 0.3) is 0 Å². The number of hydrogen-bond acceptors (Lipinski definition) is 3. The Morgan fingerprint density at radius 1 is 1.39 bits per heavy atom. The summed E-state index contributed by atoms with van der Waals surface area (Å²) in [6, 6.07) is 0.199. The second-order valence-corrected chi connectivity index (χ2v) is 5.14. The summed E-state index contributed by atoms with van der Waals surface area (Å²) in [5.74, 6) is 0. The van der Waals surface area contributed by atoms with Crippen LogP contribution in [0.3, 0.4) is 0 Å². The summed E-state index contributed by atoms with van der Waals surface area (Å²) in [5, 5.41) is 7.88. The Morgan fingerprint density at radius 3 is 2.78 bits per heavy atom. The molecule has 1 atom stereocenters. The molecule has 18 heavy (non-hydrogen) atoms. The molecule has 0 aliphatic heterocycles. The second kappa shape index (κ2) is 8.67. The predicted molar refractivity (Wildman–Crippen MR) is 77.7 cm³/mol. The Hall–Kier alpha value is -0.390. The monoisotopic (exact) mass is 317 g/mol. The quantitative estimate of drug-likeness (QED) is 0.711. The van der Waals surface area contributed by atoms with Crippen molar-refractivity contribution in [1.82, 2.24) is 15.1 Å². The third-order valence-electron chi connectivity index (χ3n) is 2.68. The summed E-state index contributed by atoms with van der Waals surface area (Å²) in [5.41, 5.74) is 1.19. The zero-order valence-corrected chi connectivity index (χ0v) is 13.2. The number of hydrogen-bond donors (Lipinski definition) is 1. The maximum absolute atomic E-state index is 5.68. The second-order valence-electron chi connectivity index (χ2n) is 4.29. The van der Waals surface area contributed by atoms with Gasteiger partial charge in [0.1, 0.15) is 0 Å². The highest BCUT2D eigenvalue weighted by atomic mass is 79.9. The van der Waals surface area contributed by atoms with Crippen LogP contribution in [0.2, 0.25) is 0 Å². The van der Waals surface area contributed by atoms with Crippen molar-refractivity contribution in [3.05, 3.63) is 16.4 Å². The number of halogens is 1. The van der Waals surface area contributed by atoms with Gasteiger partial charge in [-0.25, -0.2) is 0 Å². The number of aryl methyl sites for hydroxylation is 1. The van der Waals surface area contributed by atoms with E-state index in [0.29, 0.717) is 6.61 Å². The summed E-state index contributed by atoms with van der Waals surface area (Å²) >= 11 is 3.59. The van der Waals surface area contributed by atoms with Crippen molar-refractivity contribution in [2.24, 2.45) is 0 Å². The lowest BCUT2D eigenvalue weighted by Gasteiger charge is -2.20. The molecule has 0 aromatic carbocycles. The molecular formula is C13H24BrN3O. The molecule has 0 spiro atoms. The van der Waals surface area contributed by atoms with Crippen LogP contribution in [0.4, 0.5) is 0 Å². The van der Waals surface area contributed by atoms with E-state index in [1.54, 1.807) is 0 Å². The normalized spacial score (nSPS) is 12.9. The van der Waals surface area contributed by atoms with Crippen LogP contribution in [-0.4, -0.2) is 29.5 Å². The maximum Gasteiger partial charge on any atom is 0.0741 e. The lowest BCUT2D eigenvalue weighted by molar-refractivity contribution is 0.109. The van der Waals surface area contributed by atoms with E-state index in [0.717, 1.165) is 37.0 Å². The lowest BCUT2D eigenvalue weighted by Crippen LogP contribution is -2.28. The minimum atomic E-state index is 0.199. The zero-order valence-electron chi connectivity index (χ0n) is 11.6. The summed E-state index contributed by atoms with van der Waals surface area (Å²) in [4.78, 5) is 0. The molecule has 0 fully saturated rings. The molecule has 1 rings (SSSR count). The molecule has 1 aromatic rings. The Morgan fingerprint density at radius 2 is 2.17 bits per heavy atom. The standard InChI is InChI=1S/C13H24BrN3O/c1-4-7-17-13(11(14)9-16-17)12(15-6-3)10-18-8-5-2/h9,12,15H,4-8,10H2,1-3H3. The van der Waals surface area contributed by atoms with Crippen molar-refractivity contribution in [3.8, 4) is 0 Å². The van der Waals surface area contributed by atoms with E-state index in [9.17, 15) is 0 Å². The topological polar surface area (TPSA) is 39.1 Å². The van der Waals surface area contributed by atoms with Crippen LogP contribution >= 0.6 is 15.9 Å². The van der Waals surface area contributed by atoms with E-state index in [1.165, 1.54) is 5.69 Å². The van der Waals surface area contributed by atoms with Gasteiger partial charge < -0.3 is 10.1 Å². The average molecular weight is 318 g/mol. The summed E-state index contributed by atoms with van der Waals surface area (Å²) < 4.78 is 8.80. The van der Waals surface area contributed by atoms with Gasteiger partial charge in [-0.05, 0) is 35.3 Å². The van der Waals surface area contributed by atoms with Gasteiger partial charge in [0.15, 0.2) is 0 Å². The molecule has 1 unspecified atom stereocenters. The summed E-state index contributed by atoms with van der Waals surface area (Å²) in [7, 11) is 0. The van der Waals surface area contributed by atoms with Crippen LogP contribution in [0.25, 0.3) is 0 Å². The van der Waals surface area contributed by atoms with Crippen molar-refractivity contribution < 1.29 is 4.74 Å². The lowest BCUT2D eigenvalue weighted by atomic mass is 10.2. The van der Waals surface area contributed by atoms with Gasteiger partial charge in [-0.3, -0.25) is 4.68 Å². The molecule has 0 saturated carbocycles. The molecule has 104 valence electrons. The van der Waals surface area contributed by atoms with Gasteiger partial charge in [0, 0.05) is 13.2 Å². The number of nitrogens with zero attached hydrogens (tertiary/aromatic N) is 2. The van der Waals surface area contributed by atoms with Crippen LogP contribution in [0.5, 0.6) is 0 Å². The first-order valence-electron chi connectivity index (χ1n) is 6.76. The van der Waals surface area contributed by atoms with E-state index in [2.05, 4.69) is 51.8 Å². The van der Waals surface area contributed by atoms with Gasteiger partial charge in [-0.1, -0.05) is 20.8 Å². The first-order valence-corrected chi connectivity index (χ1v) is 7.56. The van der Waals surface area contributed by atoms with Crippen LogP contribution < -0.4 is 5.32 Å². The maximum atomic E-state index is 5.68. The molecule has 0 radical (unpaired) electrons. The molecule has 5 heteroatoms. The Kier molecular flexibility index (Phi) is 7.54. The highest BCUT2D eigenvalue weighted by Crippen LogP contribution is 2.24.